The number of piperidine rings is 1. The van der Waals surface area contributed by atoms with Crippen LogP contribution in [0.4, 0.5) is 0 Å². The van der Waals surface area contributed by atoms with Crippen molar-refractivity contribution in [1.82, 2.24) is 9.47 Å². The quantitative estimate of drug-likeness (QED) is 0.738. The molecule has 1 saturated heterocycles. The lowest BCUT2D eigenvalue weighted by atomic mass is 9.87. The molecule has 1 unspecified atom stereocenters. The maximum atomic E-state index is 12.6. The second-order valence-electron chi connectivity index (χ2n) is 7.31. The van der Waals surface area contributed by atoms with Crippen LogP contribution in [-0.4, -0.2) is 33.6 Å². The molecule has 1 amide bonds. The normalized spacial score (nSPS) is 16.4. The van der Waals surface area contributed by atoms with Gasteiger partial charge in [0.05, 0.1) is 11.6 Å². The molecule has 0 saturated carbocycles. The Balaban J connectivity index is 1.33. The van der Waals surface area contributed by atoms with Crippen LogP contribution in [-0.2, 0) is 11.3 Å². The molecule has 4 rings (SSSR count). The molecular weight excluding hydrogens is 356 g/mol. The van der Waals surface area contributed by atoms with Crippen LogP contribution in [0.1, 0.15) is 30.9 Å². The van der Waals surface area contributed by atoms with Gasteiger partial charge in [-0.25, -0.2) is 4.79 Å². The number of nitrogens with zero attached hydrogens (tertiary/aromatic N) is 2. The van der Waals surface area contributed by atoms with Crippen LogP contribution in [0.2, 0.25) is 0 Å². The average molecular weight is 380 g/mol. The van der Waals surface area contributed by atoms with Gasteiger partial charge in [-0.15, -0.1) is 0 Å². The van der Waals surface area contributed by atoms with Crippen molar-refractivity contribution >= 4 is 17.0 Å². The van der Waals surface area contributed by atoms with Crippen molar-refractivity contribution in [1.29, 1.82) is 0 Å². The second-order valence-corrected chi connectivity index (χ2v) is 7.31. The number of oxazole rings is 1. The minimum atomic E-state index is -0.491. The van der Waals surface area contributed by atoms with Gasteiger partial charge in [-0.3, -0.25) is 9.36 Å². The van der Waals surface area contributed by atoms with E-state index < -0.39 is 11.9 Å². The number of aryl methyl sites for hydroxylation is 1. The number of para-hydroxylation sites is 2. The molecular formula is C22H24N2O4. The molecule has 2 aromatic carbocycles. The summed E-state index contributed by atoms with van der Waals surface area (Å²) in [6.07, 6.45) is 1.32. The number of carbonyl (C=O) groups excluding carboxylic acids is 1. The highest BCUT2D eigenvalue weighted by molar-refractivity contribution is 5.77. The highest BCUT2D eigenvalue weighted by Gasteiger charge is 2.28. The van der Waals surface area contributed by atoms with E-state index >= 15 is 0 Å². The number of aliphatic hydroxyl groups is 1. The molecule has 0 radical (unpaired) electrons. The fourth-order valence-electron chi connectivity index (χ4n) is 3.98. The number of aliphatic hydroxyl groups excluding tert-OH is 1. The highest BCUT2D eigenvalue weighted by atomic mass is 16.4. The minimum Gasteiger partial charge on any atom is -0.408 e. The number of rotatable bonds is 5. The van der Waals surface area contributed by atoms with Gasteiger partial charge in [-0.05, 0) is 36.5 Å². The van der Waals surface area contributed by atoms with E-state index in [1.165, 1.54) is 4.57 Å². The Morgan fingerprint density at radius 1 is 1.07 bits per heavy atom. The molecule has 3 aromatic rings. The molecule has 1 aliphatic heterocycles. The number of hydrogen-bond donors (Lipinski definition) is 1. The van der Waals surface area contributed by atoms with Crippen LogP contribution in [0, 0.1) is 5.92 Å². The third kappa shape index (κ3) is 3.73. The van der Waals surface area contributed by atoms with Gasteiger partial charge in [0, 0.05) is 26.1 Å². The lowest BCUT2D eigenvalue weighted by molar-refractivity contribution is -0.133. The number of hydrogen-bond acceptors (Lipinski definition) is 4. The standard InChI is InChI=1S/C22H24N2O4/c25-20(12-15-24-18-8-4-5-9-19(18)28-22(24)27)23-13-10-17(11-14-23)21(26)16-6-2-1-3-7-16/h1-9,17,21,26H,10-15H2. The number of benzene rings is 2. The molecule has 146 valence electrons. The molecule has 0 spiro atoms. The van der Waals surface area contributed by atoms with Gasteiger partial charge in [0.15, 0.2) is 5.58 Å². The van der Waals surface area contributed by atoms with E-state index in [1.54, 1.807) is 6.07 Å². The van der Waals surface area contributed by atoms with Crippen molar-refractivity contribution in [2.45, 2.75) is 31.9 Å². The van der Waals surface area contributed by atoms with Gasteiger partial charge in [0.25, 0.3) is 0 Å². The van der Waals surface area contributed by atoms with Gasteiger partial charge in [-0.1, -0.05) is 42.5 Å². The van der Waals surface area contributed by atoms with E-state index in [4.69, 9.17) is 4.42 Å². The smallest absolute Gasteiger partial charge is 0.408 e. The summed E-state index contributed by atoms with van der Waals surface area (Å²) in [6.45, 7) is 1.57. The summed E-state index contributed by atoms with van der Waals surface area (Å²) in [5.41, 5.74) is 2.18. The number of likely N-dealkylation sites (tertiary alicyclic amines) is 1. The van der Waals surface area contributed by atoms with Gasteiger partial charge < -0.3 is 14.4 Å². The minimum absolute atomic E-state index is 0.0323. The number of fused-ring (bicyclic) bond motifs is 1. The first kappa shape index (κ1) is 18.5. The maximum Gasteiger partial charge on any atom is 0.419 e. The van der Waals surface area contributed by atoms with E-state index in [1.807, 2.05) is 53.4 Å². The van der Waals surface area contributed by atoms with Crippen LogP contribution in [0.3, 0.4) is 0 Å². The highest BCUT2D eigenvalue weighted by Crippen LogP contribution is 2.30. The molecule has 1 aromatic heterocycles. The second kappa shape index (κ2) is 8.02. The van der Waals surface area contributed by atoms with Crippen molar-refractivity contribution in [2.75, 3.05) is 13.1 Å². The van der Waals surface area contributed by atoms with Crippen LogP contribution < -0.4 is 5.76 Å². The molecule has 1 aliphatic rings. The Morgan fingerprint density at radius 3 is 2.50 bits per heavy atom. The SMILES string of the molecule is O=C(CCn1c(=O)oc2ccccc21)N1CCC(C(O)c2ccccc2)CC1. The molecule has 0 bridgehead atoms. The fourth-order valence-corrected chi connectivity index (χ4v) is 3.98. The summed E-state index contributed by atoms with van der Waals surface area (Å²) >= 11 is 0. The molecule has 1 atom stereocenters. The third-order valence-corrected chi connectivity index (χ3v) is 5.60. The third-order valence-electron chi connectivity index (χ3n) is 5.60. The van der Waals surface area contributed by atoms with Crippen LogP contribution in [0.25, 0.3) is 11.1 Å². The van der Waals surface area contributed by atoms with Gasteiger partial charge in [0.1, 0.15) is 0 Å². The first-order valence-electron chi connectivity index (χ1n) is 9.72. The predicted molar refractivity (Wildman–Crippen MR) is 106 cm³/mol. The molecule has 0 aliphatic carbocycles. The zero-order valence-corrected chi connectivity index (χ0v) is 15.7. The molecule has 2 heterocycles. The van der Waals surface area contributed by atoms with E-state index in [0.717, 1.165) is 18.4 Å². The molecule has 6 heteroatoms. The molecule has 28 heavy (non-hydrogen) atoms. The summed E-state index contributed by atoms with van der Waals surface area (Å²) in [5, 5.41) is 10.6. The molecule has 1 N–H and O–H groups in total. The van der Waals surface area contributed by atoms with Crippen molar-refractivity contribution in [3.05, 3.63) is 70.7 Å². The Hall–Kier alpha value is -2.86. The van der Waals surface area contributed by atoms with Gasteiger partial charge >= 0.3 is 5.76 Å². The van der Waals surface area contributed by atoms with Gasteiger partial charge in [0.2, 0.25) is 5.91 Å². The molecule has 1 fully saturated rings. The predicted octanol–water partition coefficient (Wildman–Crippen LogP) is 2.96. The Labute approximate surface area is 163 Å². The van der Waals surface area contributed by atoms with E-state index in [-0.39, 0.29) is 18.2 Å². The Morgan fingerprint density at radius 2 is 1.75 bits per heavy atom. The van der Waals surface area contributed by atoms with E-state index in [2.05, 4.69) is 0 Å². The lowest BCUT2D eigenvalue weighted by Crippen LogP contribution is -2.40. The lowest BCUT2D eigenvalue weighted by Gasteiger charge is -2.34. The monoisotopic (exact) mass is 380 g/mol. The summed E-state index contributed by atoms with van der Waals surface area (Å²) in [4.78, 5) is 26.5. The number of aromatic nitrogens is 1. The van der Waals surface area contributed by atoms with Crippen molar-refractivity contribution in [2.24, 2.45) is 5.92 Å². The fraction of sp³-hybridized carbons (Fsp3) is 0.364. The summed E-state index contributed by atoms with van der Waals surface area (Å²) < 4.78 is 6.73. The van der Waals surface area contributed by atoms with E-state index in [0.29, 0.717) is 30.7 Å². The Kier molecular flexibility index (Phi) is 5.30. The zero-order chi connectivity index (χ0) is 19.5. The first-order valence-corrected chi connectivity index (χ1v) is 9.72. The average Bonchev–Trinajstić information content (AvgIpc) is 3.07. The topological polar surface area (TPSA) is 75.7 Å². The van der Waals surface area contributed by atoms with Crippen molar-refractivity contribution in [3.8, 4) is 0 Å². The number of amides is 1. The summed E-state index contributed by atoms with van der Waals surface area (Å²) in [5.74, 6) is -0.240. The Bertz CT molecular complexity index is 1000. The number of carbonyl (C=O) groups is 1. The van der Waals surface area contributed by atoms with Crippen molar-refractivity contribution in [3.63, 3.8) is 0 Å². The van der Waals surface area contributed by atoms with Gasteiger partial charge in [-0.2, -0.15) is 0 Å². The summed E-state index contributed by atoms with van der Waals surface area (Å²) in [7, 11) is 0. The summed E-state index contributed by atoms with van der Waals surface area (Å²) in [6, 6.07) is 16.9. The van der Waals surface area contributed by atoms with Crippen LogP contribution >= 0.6 is 0 Å². The van der Waals surface area contributed by atoms with Crippen molar-refractivity contribution < 1.29 is 14.3 Å². The van der Waals surface area contributed by atoms with Crippen LogP contribution in [0.5, 0.6) is 0 Å². The van der Waals surface area contributed by atoms with E-state index in [9.17, 15) is 14.7 Å². The van der Waals surface area contributed by atoms with Crippen LogP contribution in [0.15, 0.2) is 63.8 Å². The maximum absolute atomic E-state index is 12.6. The zero-order valence-electron chi connectivity index (χ0n) is 15.7. The molecule has 6 nitrogen and oxygen atoms in total. The first-order chi connectivity index (χ1) is 13.6. The largest absolute Gasteiger partial charge is 0.419 e.